The summed E-state index contributed by atoms with van der Waals surface area (Å²) in [5.41, 5.74) is 0. The highest BCUT2D eigenvalue weighted by molar-refractivity contribution is 7.10. The summed E-state index contributed by atoms with van der Waals surface area (Å²) in [6, 6.07) is 5.78. The van der Waals surface area contributed by atoms with Crippen molar-refractivity contribution < 1.29 is 4.79 Å². The molecule has 1 aromatic heterocycles. The first-order valence-corrected chi connectivity index (χ1v) is 9.95. The molecule has 2 amide bonds. The highest BCUT2D eigenvalue weighted by Gasteiger charge is 2.25. The monoisotopic (exact) mass is 335 g/mol. The fourth-order valence-electron chi connectivity index (χ4n) is 3.74. The molecule has 2 N–H and O–H groups in total. The van der Waals surface area contributed by atoms with E-state index in [-0.39, 0.29) is 6.03 Å². The van der Waals surface area contributed by atoms with Crippen molar-refractivity contribution in [2.75, 3.05) is 13.1 Å². The second kappa shape index (κ2) is 8.15. The van der Waals surface area contributed by atoms with Crippen LogP contribution in [0.15, 0.2) is 17.5 Å². The predicted octanol–water partition coefficient (Wildman–Crippen LogP) is 3.91. The number of carbonyl (C=O) groups excluding carboxylic acids is 1. The predicted molar refractivity (Wildman–Crippen MR) is 95.9 cm³/mol. The van der Waals surface area contributed by atoms with E-state index in [9.17, 15) is 4.79 Å². The zero-order valence-corrected chi connectivity index (χ0v) is 14.9. The van der Waals surface area contributed by atoms with Crippen LogP contribution in [-0.4, -0.2) is 36.1 Å². The fourth-order valence-corrected chi connectivity index (χ4v) is 4.48. The molecule has 4 nitrogen and oxygen atoms in total. The number of likely N-dealkylation sites (tertiary alicyclic amines) is 1. The molecule has 1 atom stereocenters. The summed E-state index contributed by atoms with van der Waals surface area (Å²) < 4.78 is 0. The summed E-state index contributed by atoms with van der Waals surface area (Å²) in [5, 5.41) is 9.08. The first-order valence-electron chi connectivity index (χ1n) is 9.07. The Kier molecular flexibility index (Phi) is 5.95. The van der Waals surface area contributed by atoms with Crippen molar-refractivity contribution >= 4 is 17.4 Å². The number of nitrogens with zero attached hydrogens (tertiary/aromatic N) is 1. The van der Waals surface area contributed by atoms with E-state index < -0.39 is 0 Å². The van der Waals surface area contributed by atoms with Gasteiger partial charge in [-0.2, -0.15) is 0 Å². The van der Waals surface area contributed by atoms with Gasteiger partial charge in [0.1, 0.15) is 0 Å². The SMILES string of the molecule is C[C@H](NC1CCN(C(=O)NC2CCCCC2)CC1)c1cccs1. The summed E-state index contributed by atoms with van der Waals surface area (Å²) >= 11 is 1.81. The van der Waals surface area contributed by atoms with Crippen LogP contribution in [0, 0.1) is 0 Å². The third-order valence-electron chi connectivity index (χ3n) is 5.17. The van der Waals surface area contributed by atoms with Crippen LogP contribution in [0.5, 0.6) is 0 Å². The number of hydrogen-bond donors (Lipinski definition) is 2. The van der Waals surface area contributed by atoms with Crippen LogP contribution >= 0.6 is 11.3 Å². The van der Waals surface area contributed by atoms with Crippen LogP contribution in [0.4, 0.5) is 4.79 Å². The summed E-state index contributed by atoms with van der Waals surface area (Å²) in [6.07, 6.45) is 8.26. The first kappa shape index (κ1) is 16.8. The Morgan fingerprint density at radius 3 is 2.57 bits per heavy atom. The molecule has 0 bridgehead atoms. The standard InChI is InChI=1S/C18H29N3OS/c1-14(17-8-5-13-23-17)19-16-9-11-21(12-10-16)18(22)20-15-6-3-2-4-7-15/h5,8,13-16,19H,2-4,6-7,9-12H2,1H3,(H,20,22)/t14-/m0/s1. The number of carbonyl (C=O) groups is 1. The maximum Gasteiger partial charge on any atom is 0.317 e. The minimum Gasteiger partial charge on any atom is -0.335 e. The first-order chi connectivity index (χ1) is 11.2. The molecule has 5 heteroatoms. The molecular formula is C18H29N3OS. The lowest BCUT2D eigenvalue weighted by Gasteiger charge is -2.35. The Hall–Kier alpha value is -1.07. The zero-order chi connectivity index (χ0) is 16.1. The highest BCUT2D eigenvalue weighted by Crippen LogP contribution is 2.22. The minimum absolute atomic E-state index is 0.154. The molecule has 1 aromatic rings. The Morgan fingerprint density at radius 2 is 1.91 bits per heavy atom. The van der Waals surface area contributed by atoms with Gasteiger partial charge in [-0.1, -0.05) is 25.3 Å². The van der Waals surface area contributed by atoms with Crippen LogP contribution in [0.1, 0.15) is 62.8 Å². The average molecular weight is 336 g/mol. The van der Waals surface area contributed by atoms with Crippen molar-refractivity contribution in [1.29, 1.82) is 0 Å². The lowest BCUT2D eigenvalue weighted by molar-refractivity contribution is 0.168. The highest BCUT2D eigenvalue weighted by atomic mass is 32.1. The molecule has 0 aromatic carbocycles. The molecule has 3 rings (SSSR count). The van der Waals surface area contributed by atoms with E-state index in [0.717, 1.165) is 38.8 Å². The number of piperidine rings is 1. The third-order valence-corrected chi connectivity index (χ3v) is 6.23. The molecule has 0 unspecified atom stereocenters. The van der Waals surface area contributed by atoms with Gasteiger partial charge < -0.3 is 15.5 Å². The lowest BCUT2D eigenvalue weighted by atomic mass is 9.95. The third kappa shape index (κ3) is 4.70. The average Bonchev–Trinajstić information content (AvgIpc) is 3.11. The summed E-state index contributed by atoms with van der Waals surface area (Å²) in [6.45, 7) is 3.97. The molecule has 0 radical (unpaired) electrons. The van der Waals surface area contributed by atoms with E-state index >= 15 is 0 Å². The van der Waals surface area contributed by atoms with Crippen molar-refractivity contribution in [3.8, 4) is 0 Å². The smallest absolute Gasteiger partial charge is 0.317 e. The quantitative estimate of drug-likeness (QED) is 0.876. The van der Waals surface area contributed by atoms with E-state index in [1.807, 2.05) is 16.2 Å². The van der Waals surface area contributed by atoms with E-state index in [1.165, 1.54) is 24.1 Å². The molecule has 0 spiro atoms. The molecule has 2 aliphatic rings. The van der Waals surface area contributed by atoms with Gasteiger partial charge in [0.05, 0.1) is 0 Å². The van der Waals surface area contributed by atoms with Crippen molar-refractivity contribution in [3.63, 3.8) is 0 Å². The maximum atomic E-state index is 12.4. The Labute approximate surface area is 143 Å². The van der Waals surface area contributed by atoms with Crippen molar-refractivity contribution in [2.45, 2.75) is 70.0 Å². The van der Waals surface area contributed by atoms with E-state index in [4.69, 9.17) is 0 Å². The van der Waals surface area contributed by atoms with Gasteiger partial charge in [0.2, 0.25) is 0 Å². The zero-order valence-electron chi connectivity index (χ0n) is 14.1. The number of thiophene rings is 1. The number of amides is 2. The van der Waals surface area contributed by atoms with Gasteiger partial charge in [-0.25, -0.2) is 4.79 Å². The van der Waals surface area contributed by atoms with Gasteiger partial charge >= 0.3 is 6.03 Å². The minimum atomic E-state index is 0.154. The van der Waals surface area contributed by atoms with E-state index in [2.05, 4.69) is 35.1 Å². The van der Waals surface area contributed by atoms with Crippen LogP contribution in [0.2, 0.25) is 0 Å². The number of nitrogens with one attached hydrogen (secondary N) is 2. The lowest BCUT2D eigenvalue weighted by Crippen LogP contribution is -2.51. The van der Waals surface area contributed by atoms with Crippen LogP contribution < -0.4 is 10.6 Å². The summed E-state index contributed by atoms with van der Waals surface area (Å²) in [5.74, 6) is 0. The van der Waals surface area contributed by atoms with Crippen molar-refractivity contribution in [3.05, 3.63) is 22.4 Å². The van der Waals surface area contributed by atoms with Gasteiger partial charge in [-0.15, -0.1) is 11.3 Å². The normalized spacial score (nSPS) is 22.0. The Morgan fingerprint density at radius 1 is 1.17 bits per heavy atom. The second-order valence-corrected chi connectivity index (χ2v) is 7.93. The van der Waals surface area contributed by atoms with Gasteiger partial charge in [-0.05, 0) is 44.1 Å². The molecule has 2 heterocycles. The molecule has 23 heavy (non-hydrogen) atoms. The topological polar surface area (TPSA) is 44.4 Å². The largest absolute Gasteiger partial charge is 0.335 e. The van der Waals surface area contributed by atoms with E-state index in [0.29, 0.717) is 18.1 Å². The summed E-state index contributed by atoms with van der Waals surface area (Å²) in [7, 11) is 0. The second-order valence-electron chi connectivity index (χ2n) is 6.95. The fraction of sp³-hybridized carbons (Fsp3) is 0.722. The van der Waals surface area contributed by atoms with Gasteiger partial charge in [-0.3, -0.25) is 0 Å². The van der Waals surface area contributed by atoms with E-state index in [1.54, 1.807) is 0 Å². The number of rotatable bonds is 4. The molecule has 1 saturated carbocycles. The molecule has 1 saturated heterocycles. The number of hydrogen-bond acceptors (Lipinski definition) is 3. The molecule has 1 aliphatic carbocycles. The van der Waals surface area contributed by atoms with Crippen molar-refractivity contribution in [2.24, 2.45) is 0 Å². The molecular weight excluding hydrogens is 306 g/mol. The van der Waals surface area contributed by atoms with Gasteiger partial charge in [0, 0.05) is 36.1 Å². The van der Waals surface area contributed by atoms with Crippen LogP contribution in [0.25, 0.3) is 0 Å². The van der Waals surface area contributed by atoms with Crippen LogP contribution in [-0.2, 0) is 0 Å². The Balaban J connectivity index is 1.40. The maximum absolute atomic E-state index is 12.4. The van der Waals surface area contributed by atoms with Crippen molar-refractivity contribution in [1.82, 2.24) is 15.5 Å². The molecule has 1 aliphatic heterocycles. The molecule has 128 valence electrons. The number of urea groups is 1. The summed E-state index contributed by atoms with van der Waals surface area (Å²) in [4.78, 5) is 15.8. The Bertz CT molecular complexity index is 476. The van der Waals surface area contributed by atoms with Gasteiger partial charge in [0.25, 0.3) is 0 Å². The molecule has 2 fully saturated rings. The van der Waals surface area contributed by atoms with Gasteiger partial charge in [0.15, 0.2) is 0 Å². The van der Waals surface area contributed by atoms with Crippen LogP contribution in [0.3, 0.4) is 0 Å².